The molecule has 0 saturated carbocycles. The summed E-state index contributed by atoms with van der Waals surface area (Å²) in [5, 5.41) is 0. The van der Waals surface area contributed by atoms with Crippen LogP contribution in [0.5, 0.6) is 0 Å². The molecule has 0 rings (SSSR count). The fraction of sp³-hybridized carbons (Fsp3) is 0.667. The second-order valence-electron chi connectivity index (χ2n) is 2.48. The number of amides is 1. The smallest absolute Gasteiger partial charge is 0.306 e. The number of esters is 1. The van der Waals surface area contributed by atoms with Crippen LogP contribution in [0.4, 0.5) is 0 Å². The minimum absolute atomic E-state index is 0.0610. The first-order valence-corrected chi connectivity index (χ1v) is 4.38. The van der Waals surface area contributed by atoms with Crippen LogP contribution in [0.3, 0.4) is 0 Å². The molecule has 0 atom stereocenters. The van der Waals surface area contributed by atoms with Crippen molar-refractivity contribution in [1.29, 1.82) is 0 Å². The van der Waals surface area contributed by atoms with Crippen molar-refractivity contribution < 1.29 is 14.3 Å². The predicted octanol–water partition coefficient (Wildman–Crippen LogP) is 0.622. The Kier molecular flexibility index (Phi) is 5.93. The Bertz CT molecular complexity index is 176. The largest absolute Gasteiger partial charge is 0.456 e. The molecule has 0 aromatic heterocycles. The van der Waals surface area contributed by atoms with Crippen LogP contribution in [0.15, 0.2) is 0 Å². The quantitative estimate of drug-likeness (QED) is 0.591. The Morgan fingerprint density at radius 1 is 1.31 bits per heavy atom. The molecule has 0 aromatic rings. The molecule has 0 unspecified atom stereocenters. The molecule has 0 aromatic carbocycles. The molecule has 0 bridgehead atoms. The Morgan fingerprint density at radius 2 is 1.85 bits per heavy atom. The zero-order chi connectivity index (χ0) is 10.3. The maximum absolute atomic E-state index is 11.3. The minimum atomic E-state index is -0.444. The SMILES string of the molecule is [CH2]CC(=O)OCC(=O)N(CC)CC. The van der Waals surface area contributed by atoms with Crippen molar-refractivity contribution in [2.24, 2.45) is 0 Å². The lowest BCUT2D eigenvalue weighted by Gasteiger charge is -2.17. The van der Waals surface area contributed by atoms with E-state index >= 15 is 0 Å². The van der Waals surface area contributed by atoms with E-state index in [1.54, 1.807) is 4.90 Å². The second-order valence-corrected chi connectivity index (χ2v) is 2.48. The maximum Gasteiger partial charge on any atom is 0.306 e. The summed E-state index contributed by atoms with van der Waals surface area (Å²) in [6.07, 6.45) is 0.0610. The Hall–Kier alpha value is -1.06. The highest BCUT2D eigenvalue weighted by molar-refractivity contribution is 5.80. The van der Waals surface area contributed by atoms with E-state index in [0.717, 1.165) is 0 Å². The summed E-state index contributed by atoms with van der Waals surface area (Å²) in [6, 6.07) is 0. The summed E-state index contributed by atoms with van der Waals surface area (Å²) >= 11 is 0. The first-order chi connectivity index (χ1) is 6.15. The van der Waals surface area contributed by atoms with Gasteiger partial charge in [0.2, 0.25) is 0 Å². The lowest BCUT2D eigenvalue weighted by Crippen LogP contribution is -2.34. The highest BCUT2D eigenvalue weighted by Crippen LogP contribution is 1.91. The standard InChI is InChI=1S/C9H16NO3/c1-4-9(12)13-7-8(11)10(5-2)6-3/h1,4-7H2,2-3H3. The number of likely N-dealkylation sites (N-methyl/N-ethyl adjacent to an activating group) is 1. The van der Waals surface area contributed by atoms with Gasteiger partial charge in [-0.25, -0.2) is 0 Å². The first kappa shape index (κ1) is 11.9. The summed E-state index contributed by atoms with van der Waals surface area (Å²) < 4.78 is 4.64. The molecule has 4 heteroatoms. The van der Waals surface area contributed by atoms with E-state index in [4.69, 9.17) is 0 Å². The molecule has 0 saturated heterocycles. The van der Waals surface area contributed by atoms with Gasteiger partial charge in [0, 0.05) is 19.5 Å². The summed E-state index contributed by atoms with van der Waals surface area (Å²) in [5.74, 6) is -0.604. The number of carbonyl (C=O) groups excluding carboxylic acids is 2. The summed E-state index contributed by atoms with van der Waals surface area (Å²) in [5.41, 5.74) is 0. The minimum Gasteiger partial charge on any atom is -0.456 e. The van der Waals surface area contributed by atoms with Crippen LogP contribution >= 0.6 is 0 Å². The van der Waals surface area contributed by atoms with Crippen LogP contribution in [0.2, 0.25) is 0 Å². The van der Waals surface area contributed by atoms with E-state index in [0.29, 0.717) is 13.1 Å². The highest BCUT2D eigenvalue weighted by atomic mass is 16.5. The van der Waals surface area contributed by atoms with Gasteiger partial charge in [-0.2, -0.15) is 0 Å². The van der Waals surface area contributed by atoms with E-state index in [9.17, 15) is 9.59 Å². The van der Waals surface area contributed by atoms with Crippen molar-refractivity contribution in [2.75, 3.05) is 19.7 Å². The summed E-state index contributed by atoms with van der Waals surface area (Å²) in [7, 11) is 0. The average Bonchev–Trinajstić information content (AvgIpc) is 2.16. The fourth-order valence-corrected chi connectivity index (χ4v) is 0.882. The van der Waals surface area contributed by atoms with Gasteiger partial charge in [0.25, 0.3) is 5.91 Å². The molecular formula is C9H16NO3. The molecule has 4 nitrogen and oxygen atoms in total. The van der Waals surface area contributed by atoms with Gasteiger partial charge in [0.05, 0.1) is 0 Å². The number of hydrogen-bond donors (Lipinski definition) is 0. The maximum atomic E-state index is 11.3. The Balaban J connectivity index is 3.79. The summed E-state index contributed by atoms with van der Waals surface area (Å²) in [6.45, 7) is 8.21. The van der Waals surface area contributed by atoms with E-state index in [1.165, 1.54) is 0 Å². The van der Waals surface area contributed by atoms with Gasteiger partial charge in [-0.05, 0) is 20.8 Å². The van der Waals surface area contributed by atoms with E-state index in [-0.39, 0.29) is 18.9 Å². The number of ether oxygens (including phenoxy) is 1. The van der Waals surface area contributed by atoms with Crippen LogP contribution in [0.25, 0.3) is 0 Å². The van der Waals surface area contributed by atoms with E-state index in [1.807, 2.05) is 13.8 Å². The van der Waals surface area contributed by atoms with Crippen LogP contribution in [0, 0.1) is 6.92 Å². The molecule has 1 radical (unpaired) electrons. The molecule has 75 valence electrons. The van der Waals surface area contributed by atoms with Crippen LogP contribution in [-0.4, -0.2) is 36.5 Å². The number of rotatable bonds is 5. The fourth-order valence-electron chi connectivity index (χ4n) is 0.882. The van der Waals surface area contributed by atoms with Gasteiger partial charge in [-0.15, -0.1) is 0 Å². The highest BCUT2D eigenvalue weighted by Gasteiger charge is 2.10. The number of carbonyl (C=O) groups is 2. The van der Waals surface area contributed by atoms with Crippen molar-refractivity contribution in [3.63, 3.8) is 0 Å². The topological polar surface area (TPSA) is 46.6 Å². The predicted molar refractivity (Wildman–Crippen MR) is 48.9 cm³/mol. The average molecular weight is 186 g/mol. The van der Waals surface area contributed by atoms with Gasteiger partial charge < -0.3 is 9.64 Å². The van der Waals surface area contributed by atoms with Crippen molar-refractivity contribution in [1.82, 2.24) is 4.90 Å². The number of nitrogens with zero attached hydrogens (tertiary/aromatic N) is 1. The number of hydrogen-bond acceptors (Lipinski definition) is 3. The molecule has 0 aliphatic heterocycles. The lowest BCUT2D eigenvalue weighted by atomic mass is 10.4. The molecule has 0 fully saturated rings. The first-order valence-electron chi connectivity index (χ1n) is 4.38. The van der Waals surface area contributed by atoms with Crippen molar-refractivity contribution in [3.05, 3.63) is 6.92 Å². The third-order valence-corrected chi connectivity index (χ3v) is 1.68. The molecule has 0 N–H and O–H groups in total. The molecule has 0 spiro atoms. The van der Waals surface area contributed by atoms with Crippen molar-refractivity contribution in [2.45, 2.75) is 20.3 Å². The van der Waals surface area contributed by atoms with Crippen LogP contribution in [0.1, 0.15) is 20.3 Å². The second kappa shape index (κ2) is 6.46. The normalized spacial score (nSPS) is 9.46. The van der Waals surface area contributed by atoms with Gasteiger partial charge >= 0.3 is 5.97 Å². The van der Waals surface area contributed by atoms with Gasteiger partial charge in [-0.3, -0.25) is 9.59 Å². The van der Waals surface area contributed by atoms with Gasteiger partial charge in [0.15, 0.2) is 6.61 Å². The lowest BCUT2D eigenvalue weighted by molar-refractivity contribution is -0.151. The summed E-state index contributed by atoms with van der Waals surface area (Å²) in [4.78, 5) is 23.5. The zero-order valence-electron chi connectivity index (χ0n) is 8.21. The molecule has 0 aliphatic carbocycles. The zero-order valence-corrected chi connectivity index (χ0v) is 8.21. The molecule has 1 amide bonds. The third-order valence-electron chi connectivity index (χ3n) is 1.68. The van der Waals surface area contributed by atoms with Gasteiger partial charge in [0.1, 0.15) is 0 Å². The molecule has 13 heavy (non-hydrogen) atoms. The van der Waals surface area contributed by atoms with Crippen LogP contribution in [-0.2, 0) is 14.3 Å². The van der Waals surface area contributed by atoms with E-state index in [2.05, 4.69) is 11.7 Å². The van der Waals surface area contributed by atoms with Crippen LogP contribution < -0.4 is 0 Å². The van der Waals surface area contributed by atoms with Gasteiger partial charge in [-0.1, -0.05) is 0 Å². The van der Waals surface area contributed by atoms with Crippen molar-refractivity contribution in [3.8, 4) is 0 Å². The monoisotopic (exact) mass is 186 g/mol. The van der Waals surface area contributed by atoms with Crippen molar-refractivity contribution >= 4 is 11.9 Å². The molecular weight excluding hydrogens is 170 g/mol. The molecule has 0 aliphatic rings. The third kappa shape index (κ3) is 4.50. The Labute approximate surface area is 78.9 Å². The Morgan fingerprint density at radius 3 is 2.23 bits per heavy atom. The molecule has 0 heterocycles. The van der Waals surface area contributed by atoms with E-state index < -0.39 is 5.97 Å².